The van der Waals surface area contributed by atoms with Crippen molar-refractivity contribution in [3.05, 3.63) is 41.8 Å². The van der Waals surface area contributed by atoms with Crippen LogP contribution in [0.15, 0.2) is 30.5 Å². The summed E-state index contributed by atoms with van der Waals surface area (Å²) in [5.74, 6) is -1.11. The minimum Gasteiger partial charge on any atom is -0.480 e. The lowest BCUT2D eigenvalue weighted by molar-refractivity contribution is -0.137. The van der Waals surface area contributed by atoms with E-state index >= 15 is 0 Å². The fraction of sp³-hybridized carbons (Fsp3) is 0.214. The van der Waals surface area contributed by atoms with E-state index in [0.717, 1.165) is 0 Å². The molecule has 2 aromatic rings. The van der Waals surface area contributed by atoms with E-state index < -0.39 is 18.0 Å². The van der Waals surface area contributed by atoms with Crippen LogP contribution < -0.4 is 10.1 Å². The number of carbonyl (C=O) groups excluding carboxylic acids is 1. The van der Waals surface area contributed by atoms with Crippen LogP contribution >= 0.6 is 0 Å². The maximum absolute atomic E-state index is 13.1. The van der Waals surface area contributed by atoms with Gasteiger partial charge in [0.2, 0.25) is 0 Å². The summed E-state index contributed by atoms with van der Waals surface area (Å²) in [6.45, 7) is -0.291. The molecule has 0 saturated carbocycles. The third-order valence-electron chi connectivity index (χ3n) is 3.18. The van der Waals surface area contributed by atoms with Crippen molar-refractivity contribution in [2.45, 2.75) is 19.1 Å². The topological polar surface area (TPSA) is 93.5 Å². The molecular weight excluding hydrogens is 293 g/mol. The minimum absolute atomic E-state index is 0.233. The molecule has 1 aliphatic rings. The number of rotatable bonds is 4. The normalized spacial score (nSPS) is 16.0. The molecule has 114 valence electrons. The largest absolute Gasteiger partial charge is 0.480 e. The van der Waals surface area contributed by atoms with E-state index in [1.165, 1.54) is 35.1 Å². The zero-order valence-electron chi connectivity index (χ0n) is 11.3. The molecule has 1 aliphatic heterocycles. The molecule has 3 rings (SSSR count). The quantitative estimate of drug-likeness (QED) is 0.880. The Bertz CT molecular complexity index is 743. The number of halogens is 1. The number of ether oxygens (including phenoxy) is 1. The van der Waals surface area contributed by atoms with Gasteiger partial charge in [0, 0.05) is 24.2 Å². The summed E-state index contributed by atoms with van der Waals surface area (Å²) in [6, 6.07) is 5.58. The summed E-state index contributed by atoms with van der Waals surface area (Å²) in [7, 11) is 0. The fourth-order valence-corrected chi connectivity index (χ4v) is 2.23. The van der Waals surface area contributed by atoms with E-state index in [1.807, 2.05) is 0 Å². The number of carboxylic acids is 1. The van der Waals surface area contributed by atoms with Crippen molar-refractivity contribution in [2.24, 2.45) is 0 Å². The van der Waals surface area contributed by atoms with Crippen molar-refractivity contribution in [2.75, 3.05) is 5.32 Å². The van der Waals surface area contributed by atoms with Gasteiger partial charge in [0.25, 0.3) is 5.91 Å². The van der Waals surface area contributed by atoms with Gasteiger partial charge in [-0.2, -0.15) is 5.10 Å². The summed E-state index contributed by atoms with van der Waals surface area (Å²) in [6.07, 6.45) is 0.958. The molecule has 7 nitrogen and oxygen atoms in total. The zero-order valence-corrected chi connectivity index (χ0v) is 11.3. The van der Waals surface area contributed by atoms with Crippen molar-refractivity contribution in [3.63, 3.8) is 0 Å². The van der Waals surface area contributed by atoms with Gasteiger partial charge in [0.05, 0.1) is 0 Å². The molecule has 1 atom stereocenters. The number of aromatic nitrogens is 2. The van der Waals surface area contributed by atoms with Crippen LogP contribution in [0.25, 0.3) is 0 Å². The third-order valence-corrected chi connectivity index (χ3v) is 3.18. The monoisotopic (exact) mass is 305 g/mol. The predicted octanol–water partition coefficient (Wildman–Crippen LogP) is 1.05. The maximum atomic E-state index is 13.1. The molecule has 1 unspecified atom stereocenters. The second kappa shape index (κ2) is 5.47. The summed E-state index contributed by atoms with van der Waals surface area (Å²) in [5.41, 5.74) is 0.636. The highest BCUT2D eigenvalue weighted by Crippen LogP contribution is 2.29. The Labute approximate surface area is 124 Å². The van der Waals surface area contributed by atoms with Crippen LogP contribution in [0.2, 0.25) is 0 Å². The molecule has 0 aliphatic carbocycles. The van der Waals surface area contributed by atoms with Crippen molar-refractivity contribution in [1.82, 2.24) is 9.78 Å². The first kappa shape index (κ1) is 14.1. The van der Waals surface area contributed by atoms with Crippen LogP contribution in [0, 0.1) is 5.82 Å². The molecule has 22 heavy (non-hydrogen) atoms. The highest BCUT2D eigenvalue weighted by molar-refractivity contribution is 5.94. The molecule has 2 N–H and O–H groups in total. The molecule has 0 saturated heterocycles. The second-order valence-corrected chi connectivity index (χ2v) is 4.84. The van der Waals surface area contributed by atoms with Crippen LogP contribution in [0.3, 0.4) is 0 Å². The first-order chi connectivity index (χ1) is 10.5. The van der Waals surface area contributed by atoms with Crippen LogP contribution in [-0.4, -0.2) is 32.9 Å². The number of anilines is 1. The van der Waals surface area contributed by atoms with Gasteiger partial charge in [0.1, 0.15) is 18.1 Å². The molecule has 1 amide bonds. The van der Waals surface area contributed by atoms with Gasteiger partial charge >= 0.3 is 5.97 Å². The SMILES string of the molecule is O=C(O)Cn1ccc(NC(=O)C2Cc3cc(F)ccc3O2)n1. The Morgan fingerprint density at radius 1 is 1.45 bits per heavy atom. The number of hydrogen-bond donors (Lipinski definition) is 2. The van der Waals surface area contributed by atoms with Gasteiger partial charge in [0.15, 0.2) is 11.9 Å². The highest BCUT2D eigenvalue weighted by atomic mass is 19.1. The molecule has 2 heterocycles. The summed E-state index contributed by atoms with van der Waals surface area (Å²) < 4.78 is 19.8. The molecule has 0 radical (unpaired) electrons. The number of benzene rings is 1. The number of hydrogen-bond acceptors (Lipinski definition) is 4. The smallest absolute Gasteiger partial charge is 0.325 e. The van der Waals surface area contributed by atoms with E-state index in [0.29, 0.717) is 11.3 Å². The average molecular weight is 305 g/mol. The van der Waals surface area contributed by atoms with Crippen molar-refractivity contribution in [1.29, 1.82) is 0 Å². The lowest BCUT2D eigenvalue weighted by Gasteiger charge is -2.09. The zero-order chi connectivity index (χ0) is 15.7. The van der Waals surface area contributed by atoms with Gasteiger partial charge in [-0.1, -0.05) is 0 Å². The average Bonchev–Trinajstić information content (AvgIpc) is 3.04. The molecule has 0 bridgehead atoms. The summed E-state index contributed by atoms with van der Waals surface area (Å²) >= 11 is 0. The summed E-state index contributed by atoms with van der Waals surface area (Å²) in [4.78, 5) is 22.7. The van der Waals surface area contributed by atoms with Crippen LogP contribution in [0.4, 0.5) is 10.2 Å². The van der Waals surface area contributed by atoms with Gasteiger partial charge in [-0.15, -0.1) is 0 Å². The first-order valence-electron chi connectivity index (χ1n) is 6.52. The second-order valence-electron chi connectivity index (χ2n) is 4.84. The summed E-state index contributed by atoms with van der Waals surface area (Å²) in [5, 5.41) is 15.1. The van der Waals surface area contributed by atoms with Crippen LogP contribution in [0.5, 0.6) is 5.75 Å². The van der Waals surface area contributed by atoms with Crippen molar-refractivity contribution >= 4 is 17.7 Å². The fourth-order valence-electron chi connectivity index (χ4n) is 2.23. The third kappa shape index (κ3) is 2.90. The number of carboxylic acid groups (broad SMARTS) is 1. The molecule has 1 aromatic carbocycles. The van der Waals surface area contributed by atoms with Gasteiger partial charge in [-0.25, -0.2) is 4.39 Å². The Hall–Kier alpha value is -2.90. The predicted molar refractivity (Wildman–Crippen MR) is 73.0 cm³/mol. The lowest BCUT2D eigenvalue weighted by atomic mass is 10.1. The molecule has 8 heteroatoms. The Morgan fingerprint density at radius 3 is 3.05 bits per heavy atom. The van der Waals surface area contributed by atoms with Crippen molar-refractivity contribution in [3.8, 4) is 5.75 Å². The highest BCUT2D eigenvalue weighted by Gasteiger charge is 2.29. The molecule has 1 aromatic heterocycles. The van der Waals surface area contributed by atoms with Gasteiger partial charge < -0.3 is 15.2 Å². The number of aliphatic carboxylic acids is 1. The van der Waals surface area contributed by atoms with Gasteiger partial charge in [-0.05, 0) is 18.2 Å². The van der Waals surface area contributed by atoms with E-state index in [4.69, 9.17) is 9.84 Å². The Morgan fingerprint density at radius 2 is 2.27 bits per heavy atom. The van der Waals surface area contributed by atoms with Crippen LogP contribution in [0.1, 0.15) is 5.56 Å². The number of carbonyl (C=O) groups is 2. The maximum Gasteiger partial charge on any atom is 0.325 e. The number of amides is 1. The lowest BCUT2D eigenvalue weighted by Crippen LogP contribution is -2.31. The van der Waals surface area contributed by atoms with Crippen molar-refractivity contribution < 1.29 is 23.8 Å². The standard InChI is InChI=1S/C14H12FN3O4/c15-9-1-2-10-8(5-9)6-11(22-10)14(21)16-12-3-4-18(17-12)7-13(19)20/h1-5,11H,6-7H2,(H,19,20)(H,16,17,21). The van der Waals surface area contributed by atoms with E-state index in [9.17, 15) is 14.0 Å². The Balaban J connectivity index is 1.64. The van der Waals surface area contributed by atoms with Crippen LogP contribution in [-0.2, 0) is 22.6 Å². The Kier molecular flexibility index (Phi) is 3.50. The van der Waals surface area contributed by atoms with E-state index in [2.05, 4.69) is 10.4 Å². The van der Waals surface area contributed by atoms with E-state index in [1.54, 1.807) is 0 Å². The first-order valence-corrected chi connectivity index (χ1v) is 6.52. The van der Waals surface area contributed by atoms with Gasteiger partial charge in [-0.3, -0.25) is 14.3 Å². The molecule has 0 fully saturated rings. The number of fused-ring (bicyclic) bond motifs is 1. The number of nitrogens with one attached hydrogen (secondary N) is 1. The molecular formula is C14H12FN3O4. The minimum atomic E-state index is -1.03. The number of nitrogens with zero attached hydrogens (tertiary/aromatic N) is 2. The molecule has 0 spiro atoms. The van der Waals surface area contributed by atoms with E-state index in [-0.39, 0.29) is 24.6 Å².